The molecule has 0 saturated carbocycles. The maximum absolute atomic E-state index is 13.0. The number of thioether (sulfide) groups is 1. The molecule has 0 fully saturated rings. The highest BCUT2D eigenvalue weighted by Gasteiger charge is 2.21. The van der Waals surface area contributed by atoms with E-state index < -0.39 is 0 Å². The second-order valence-corrected chi connectivity index (χ2v) is 5.66. The van der Waals surface area contributed by atoms with Crippen molar-refractivity contribution in [2.45, 2.75) is 37.3 Å². The van der Waals surface area contributed by atoms with Crippen molar-refractivity contribution in [3.8, 4) is 0 Å². The molecule has 2 rings (SSSR count). The van der Waals surface area contributed by atoms with E-state index in [0.29, 0.717) is 5.22 Å². The van der Waals surface area contributed by atoms with E-state index >= 15 is 0 Å². The molecule has 2 aromatic rings. The van der Waals surface area contributed by atoms with Crippen LogP contribution in [0, 0.1) is 19.7 Å². The zero-order valence-corrected chi connectivity index (χ0v) is 12.0. The molecule has 0 saturated heterocycles. The van der Waals surface area contributed by atoms with Gasteiger partial charge in [0.2, 0.25) is 0 Å². The van der Waals surface area contributed by atoms with Gasteiger partial charge in [-0.2, -0.15) is 0 Å². The number of nitrogens with two attached hydrogens (primary N) is 1. The van der Waals surface area contributed by atoms with Crippen molar-refractivity contribution in [3.63, 3.8) is 0 Å². The second kappa shape index (κ2) is 5.75. The van der Waals surface area contributed by atoms with Crippen molar-refractivity contribution in [1.82, 2.24) is 4.98 Å². The van der Waals surface area contributed by atoms with Gasteiger partial charge in [-0.05, 0) is 38.5 Å². The Morgan fingerprint density at radius 1 is 1.26 bits per heavy atom. The minimum atomic E-state index is -0.250. The van der Waals surface area contributed by atoms with Crippen LogP contribution in [-0.2, 0) is 0 Å². The highest BCUT2D eigenvalue weighted by molar-refractivity contribution is 7.99. The first-order valence-electron chi connectivity index (χ1n) is 6.09. The molecule has 0 aliphatic heterocycles. The van der Waals surface area contributed by atoms with Gasteiger partial charge in [0.1, 0.15) is 11.6 Å². The van der Waals surface area contributed by atoms with Gasteiger partial charge in [0.25, 0.3) is 5.22 Å². The Balaban J connectivity index is 2.23. The molecule has 0 bridgehead atoms. The van der Waals surface area contributed by atoms with Crippen LogP contribution in [0.5, 0.6) is 0 Å². The maximum atomic E-state index is 13.0. The molecule has 102 valence electrons. The molecule has 0 aliphatic rings. The summed E-state index contributed by atoms with van der Waals surface area (Å²) in [5.74, 6) is 0.560. The summed E-state index contributed by atoms with van der Waals surface area (Å²) in [6.07, 6.45) is 0. The Hall–Kier alpha value is -1.33. The van der Waals surface area contributed by atoms with Crippen LogP contribution in [0.4, 0.5) is 4.39 Å². The van der Waals surface area contributed by atoms with Gasteiger partial charge in [-0.25, -0.2) is 9.37 Å². The highest BCUT2D eigenvalue weighted by atomic mass is 32.2. The quantitative estimate of drug-likeness (QED) is 0.869. The van der Waals surface area contributed by atoms with Gasteiger partial charge in [-0.3, -0.25) is 0 Å². The number of benzene rings is 1. The zero-order chi connectivity index (χ0) is 14.0. The summed E-state index contributed by atoms with van der Waals surface area (Å²) in [5, 5.41) is 0.583. The first kappa shape index (κ1) is 14.1. The van der Waals surface area contributed by atoms with Crippen molar-refractivity contribution in [3.05, 3.63) is 47.1 Å². The van der Waals surface area contributed by atoms with Gasteiger partial charge in [0.05, 0.1) is 10.9 Å². The Bertz CT molecular complexity index is 532. The molecular formula is C14H17FN2OS. The smallest absolute Gasteiger partial charge is 0.256 e. The van der Waals surface area contributed by atoms with E-state index in [4.69, 9.17) is 10.2 Å². The van der Waals surface area contributed by atoms with E-state index in [0.717, 1.165) is 17.0 Å². The number of oxazole rings is 1. The predicted octanol–water partition coefficient (Wildman–Crippen LogP) is 3.61. The van der Waals surface area contributed by atoms with Gasteiger partial charge in [-0.1, -0.05) is 23.9 Å². The van der Waals surface area contributed by atoms with Gasteiger partial charge in [-0.15, -0.1) is 0 Å². The predicted molar refractivity (Wildman–Crippen MR) is 74.6 cm³/mol. The topological polar surface area (TPSA) is 52.0 Å². The molecule has 2 atom stereocenters. The highest BCUT2D eigenvalue weighted by Crippen LogP contribution is 2.37. The molecule has 19 heavy (non-hydrogen) atoms. The number of aryl methyl sites for hydroxylation is 2. The Kier molecular flexibility index (Phi) is 4.27. The fraction of sp³-hybridized carbons (Fsp3) is 0.357. The first-order chi connectivity index (χ1) is 8.97. The number of rotatable bonds is 4. The molecule has 0 amide bonds. The van der Waals surface area contributed by atoms with Gasteiger partial charge in [0, 0.05) is 6.04 Å². The Morgan fingerprint density at radius 2 is 1.89 bits per heavy atom. The van der Waals surface area contributed by atoms with Crippen LogP contribution in [0.15, 0.2) is 33.9 Å². The minimum Gasteiger partial charge on any atom is -0.437 e. The molecule has 0 radical (unpaired) electrons. The summed E-state index contributed by atoms with van der Waals surface area (Å²) in [4.78, 5) is 4.34. The summed E-state index contributed by atoms with van der Waals surface area (Å²) in [7, 11) is 0. The molecular weight excluding hydrogens is 263 g/mol. The largest absolute Gasteiger partial charge is 0.437 e. The molecule has 0 spiro atoms. The molecule has 5 heteroatoms. The van der Waals surface area contributed by atoms with Gasteiger partial charge in [0.15, 0.2) is 0 Å². The van der Waals surface area contributed by atoms with E-state index in [-0.39, 0.29) is 17.1 Å². The molecule has 1 heterocycles. The Morgan fingerprint density at radius 3 is 2.37 bits per heavy atom. The lowest BCUT2D eigenvalue weighted by Crippen LogP contribution is -2.22. The van der Waals surface area contributed by atoms with Crippen LogP contribution in [0.25, 0.3) is 0 Å². The van der Waals surface area contributed by atoms with Crippen LogP contribution < -0.4 is 5.73 Å². The average Bonchev–Trinajstić information content (AvgIpc) is 2.67. The number of nitrogens with zero attached hydrogens (tertiary/aromatic N) is 1. The normalized spacial score (nSPS) is 14.4. The number of hydrogen-bond donors (Lipinski definition) is 1. The van der Waals surface area contributed by atoms with Crippen molar-refractivity contribution < 1.29 is 8.81 Å². The maximum Gasteiger partial charge on any atom is 0.256 e. The summed E-state index contributed by atoms with van der Waals surface area (Å²) >= 11 is 1.47. The van der Waals surface area contributed by atoms with E-state index in [1.165, 1.54) is 23.9 Å². The van der Waals surface area contributed by atoms with Crippen molar-refractivity contribution in [1.29, 1.82) is 0 Å². The third-order valence-electron chi connectivity index (χ3n) is 2.91. The van der Waals surface area contributed by atoms with Crippen molar-refractivity contribution >= 4 is 11.8 Å². The SMILES string of the molecule is Cc1nc(SC(c2ccc(F)cc2)C(C)N)oc1C. The number of hydrogen-bond acceptors (Lipinski definition) is 4. The molecule has 1 aromatic heterocycles. The number of aromatic nitrogens is 1. The summed E-state index contributed by atoms with van der Waals surface area (Å²) in [6.45, 7) is 5.70. The van der Waals surface area contributed by atoms with E-state index in [1.54, 1.807) is 12.1 Å². The summed E-state index contributed by atoms with van der Waals surface area (Å²) < 4.78 is 18.5. The molecule has 0 aliphatic carbocycles. The van der Waals surface area contributed by atoms with E-state index in [1.807, 2.05) is 20.8 Å². The van der Waals surface area contributed by atoms with Crippen LogP contribution in [0.2, 0.25) is 0 Å². The third kappa shape index (κ3) is 3.36. The Labute approximate surface area is 116 Å². The van der Waals surface area contributed by atoms with Crippen molar-refractivity contribution in [2.24, 2.45) is 5.73 Å². The van der Waals surface area contributed by atoms with Crippen LogP contribution in [0.1, 0.15) is 29.2 Å². The second-order valence-electron chi connectivity index (χ2n) is 4.57. The van der Waals surface area contributed by atoms with Gasteiger partial charge >= 0.3 is 0 Å². The molecule has 3 nitrogen and oxygen atoms in total. The lowest BCUT2D eigenvalue weighted by molar-refractivity contribution is 0.429. The van der Waals surface area contributed by atoms with Crippen molar-refractivity contribution in [2.75, 3.05) is 0 Å². The summed E-state index contributed by atoms with van der Waals surface area (Å²) in [6, 6.07) is 6.29. The van der Waals surface area contributed by atoms with Crippen LogP contribution in [-0.4, -0.2) is 11.0 Å². The lowest BCUT2D eigenvalue weighted by Gasteiger charge is -2.18. The van der Waals surface area contributed by atoms with E-state index in [9.17, 15) is 4.39 Å². The monoisotopic (exact) mass is 280 g/mol. The fourth-order valence-corrected chi connectivity index (χ4v) is 2.82. The van der Waals surface area contributed by atoms with Crippen LogP contribution >= 0.6 is 11.8 Å². The van der Waals surface area contributed by atoms with Gasteiger partial charge < -0.3 is 10.2 Å². The van der Waals surface area contributed by atoms with Crippen LogP contribution in [0.3, 0.4) is 0 Å². The van der Waals surface area contributed by atoms with E-state index in [2.05, 4.69) is 4.98 Å². The minimum absolute atomic E-state index is 0.0157. The third-order valence-corrected chi connectivity index (χ3v) is 4.24. The standard InChI is InChI=1S/C14H17FN2OS/c1-8(16)13(11-4-6-12(15)7-5-11)19-14-17-9(2)10(3)18-14/h4-8,13H,16H2,1-3H3. The zero-order valence-electron chi connectivity index (χ0n) is 11.2. The number of halogens is 1. The average molecular weight is 280 g/mol. The first-order valence-corrected chi connectivity index (χ1v) is 6.97. The molecule has 2 unspecified atom stereocenters. The molecule has 2 N–H and O–H groups in total. The lowest BCUT2D eigenvalue weighted by atomic mass is 10.1. The fourth-order valence-electron chi connectivity index (χ4n) is 1.73. The summed E-state index contributed by atoms with van der Waals surface area (Å²) in [5.41, 5.74) is 7.86. The molecule has 1 aromatic carbocycles.